The molecule has 2 aromatic rings. The second-order valence-electron chi connectivity index (χ2n) is 9.41. The van der Waals surface area contributed by atoms with Crippen LogP contribution >= 0.6 is 11.6 Å². The third-order valence-corrected chi connectivity index (χ3v) is 7.91. The first-order chi connectivity index (χ1) is 15.5. The third kappa shape index (κ3) is 3.02. The van der Waals surface area contributed by atoms with Crippen molar-refractivity contribution in [3.05, 3.63) is 77.3 Å². The lowest BCUT2D eigenvalue weighted by molar-refractivity contribution is -0.146. The number of allylic oxidation sites excluding steroid dienone is 2. The number of benzene rings is 2. The van der Waals surface area contributed by atoms with Gasteiger partial charge in [0.25, 0.3) is 0 Å². The highest BCUT2D eigenvalue weighted by Crippen LogP contribution is 2.65. The van der Waals surface area contributed by atoms with Gasteiger partial charge >= 0.3 is 0 Å². The zero-order chi connectivity index (χ0) is 22.0. The van der Waals surface area contributed by atoms with Crippen LogP contribution in [-0.4, -0.2) is 28.7 Å². The quantitative estimate of drug-likeness (QED) is 0.558. The molecule has 0 spiro atoms. The molecule has 0 radical (unpaired) electrons. The summed E-state index contributed by atoms with van der Waals surface area (Å²) in [7, 11) is 0. The second kappa shape index (κ2) is 7.31. The number of hydrogen-bond donors (Lipinski definition) is 1. The van der Waals surface area contributed by atoms with E-state index < -0.39 is 6.04 Å². The lowest BCUT2D eigenvalue weighted by Crippen LogP contribution is -2.49. The number of imide groups is 1. The van der Waals surface area contributed by atoms with E-state index in [2.05, 4.69) is 17.5 Å². The highest BCUT2D eigenvalue weighted by Gasteiger charge is 2.67. The monoisotopic (exact) mass is 446 g/mol. The van der Waals surface area contributed by atoms with Crippen LogP contribution in [0.25, 0.3) is 0 Å². The fraction of sp³-hybridized carbons (Fsp3) is 0.346. The number of hydrogen-bond acceptors (Lipinski definition) is 3. The van der Waals surface area contributed by atoms with Crippen molar-refractivity contribution >= 4 is 35.0 Å². The van der Waals surface area contributed by atoms with Crippen molar-refractivity contribution in [2.45, 2.75) is 18.9 Å². The van der Waals surface area contributed by atoms with Gasteiger partial charge in [0.05, 0.1) is 11.8 Å². The van der Waals surface area contributed by atoms with E-state index >= 15 is 0 Å². The molecule has 162 valence electrons. The van der Waals surface area contributed by atoms with Crippen LogP contribution < -0.4 is 5.32 Å². The van der Waals surface area contributed by atoms with Gasteiger partial charge in [0.1, 0.15) is 6.04 Å². The Bertz CT molecular complexity index is 1110. The highest BCUT2D eigenvalue weighted by atomic mass is 35.5. The maximum absolute atomic E-state index is 13.6. The molecule has 7 rings (SSSR count). The SMILES string of the molecule is O=C(Nc1cccc(Cl)c1)[C@@H](Cc1ccccc1)N1C(=O)[C@H]2[C@@H]3C=C[C@H]([C@H]4C[C@H]34)[C@@H]2C1=O. The molecule has 0 unspecified atom stereocenters. The minimum absolute atomic E-state index is 0.129. The number of carbonyl (C=O) groups is 3. The summed E-state index contributed by atoms with van der Waals surface area (Å²) in [5.74, 6) is -0.0843. The Balaban J connectivity index is 1.33. The van der Waals surface area contributed by atoms with Crippen LogP contribution in [0.15, 0.2) is 66.7 Å². The van der Waals surface area contributed by atoms with Gasteiger partial charge in [-0.3, -0.25) is 19.3 Å². The van der Waals surface area contributed by atoms with E-state index in [1.165, 1.54) is 4.90 Å². The summed E-state index contributed by atoms with van der Waals surface area (Å²) in [6.07, 6.45) is 5.68. The van der Waals surface area contributed by atoms with E-state index in [9.17, 15) is 14.4 Å². The first-order valence-electron chi connectivity index (χ1n) is 11.2. The van der Waals surface area contributed by atoms with Crippen molar-refractivity contribution in [3.63, 3.8) is 0 Å². The number of halogens is 1. The van der Waals surface area contributed by atoms with Crippen LogP contribution in [-0.2, 0) is 20.8 Å². The molecular weight excluding hydrogens is 424 g/mol. The van der Waals surface area contributed by atoms with Crippen LogP contribution in [0.1, 0.15) is 12.0 Å². The van der Waals surface area contributed by atoms with Crippen molar-refractivity contribution < 1.29 is 14.4 Å². The third-order valence-electron chi connectivity index (χ3n) is 7.68. The molecule has 5 nitrogen and oxygen atoms in total. The second-order valence-corrected chi connectivity index (χ2v) is 9.84. The predicted octanol–water partition coefficient (Wildman–Crippen LogP) is 3.94. The van der Waals surface area contributed by atoms with E-state index in [1.807, 2.05) is 30.3 Å². The van der Waals surface area contributed by atoms with E-state index in [0.29, 0.717) is 22.5 Å². The van der Waals surface area contributed by atoms with Crippen LogP contribution in [0.2, 0.25) is 5.02 Å². The van der Waals surface area contributed by atoms with E-state index in [4.69, 9.17) is 11.6 Å². The van der Waals surface area contributed by atoms with Crippen molar-refractivity contribution in [2.24, 2.45) is 35.5 Å². The zero-order valence-corrected chi connectivity index (χ0v) is 18.1. The Kier molecular flexibility index (Phi) is 4.51. The van der Waals surface area contributed by atoms with Gasteiger partial charge in [0.2, 0.25) is 17.7 Å². The van der Waals surface area contributed by atoms with Crippen molar-refractivity contribution in [2.75, 3.05) is 5.32 Å². The molecule has 3 fully saturated rings. The molecule has 1 saturated heterocycles. The Morgan fingerprint density at radius 2 is 1.62 bits per heavy atom. The molecule has 2 bridgehead atoms. The molecule has 0 aromatic heterocycles. The van der Waals surface area contributed by atoms with E-state index in [0.717, 1.165) is 12.0 Å². The fourth-order valence-corrected chi connectivity index (χ4v) is 6.41. The maximum atomic E-state index is 13.6. The molecule has 7 atom stereocenters. The molecule has 3 amide bonds. The molecule has 2 saturated carbocycles. The van der Waals surface area contributed by atoms with Crippen LogP contribution in [0.5, 0.6) is 0 Å². The first kappa shape index (κ1) is 19.7. The van der Waals surface area contributed by atoms with Gasteiger partial charge in [-0.05, 0) is 53.9 Å². The van der Waals surface area contributed by atoms with Gasteiger partial charge in [-0.2, -0.15) is 0 Å². The highest BCUT2D eigenvalue weighted by molar-refractivity contribution is 6.30. The van der Waals surface area contributed by atoms with Gasteiger partial charge in [0.15, 0.2) is 0 Å². The normalized spacial score (nSPS) is 32.5. The van der Waals surface area contributed by atoms with E-state index in [1.54, 1.807) is 24.3 Å². The number of likely N-dealkylation sites (tertiary alicyclic amines) is 1. The summed E-state index contributed by atoms with van der Waals surface area (Å²) in [5.41, 5.74) is 1.44. The lowest BCUT2D eigenvalue weighted by Gasteiger charge is -2.37. The van der Waals surface area contributed by atoms with Gasteiger partial charge in [0, 0.05) is 17.1 Å². The van der Waals surface area contributed by atoms with Crippen molar-refractivity contribution in [1.82, 2.24) is 4.90 Å². The van der Waals surface area contributed by atoms with Gasteiger partial charge in [-0.15, -0.1) is 0 Å². The number of carbonyl (C=O) groups excluding carboxylic acids is 3. The summed E-state index contributed by atoms with van der Waals surface area (Å²) in [6.45, 7) is 0. The van der Waals surface area contributed by atoms with Crippen LogP contribution in [0.3, 0.4) is 0 Å². The minimum atomic E-state index is -0.905. The molecule has 1 heterocycles. The van der Waals surface area contributed by atoms with Crippen LogP contribution in [0, 0.1) is 35.5 Å². The Hall–Kier alpha value is -2.92. The summed E-state index contributed by atoms with van der Waals surface area (Å²) >= 11 is 6.07. The van der Waals surface area contributed by atoms with Crippen molar-refractivity contribution in [3.8, 4) is 0 Å². The molecule has 32 heavy (non-hydrogen) atoms. The summed E-state index contributed by atoms with van der Waals surface area (Å²) in [4.78, 5) is 42.0. The Morgan fingerprint density at radius 3 is 2.25 bits per heavy atom. The topological polar surface area (TPSA) is 66.5 Å². The van der Waals surface area contributed by atoms with Crippen molar-refractivity contribution in [1.29, 1.82) is 0 Å². The molecule has 1 N–H and O–H groups in total. The maximum Gasteiger partial charge on any atom is 0.248 e. The number of rotatable bonds is 5. The molecule has 4 aliphatic carbocycles. The smallest absolute Gasteiger partial charge is 0.248 e. The average molecular weight is 447 g/mol. The van der Waals surface area contributed by atoms with E-state index in [-0.39, 0.29) is 47.8 Å². The molecular formula is C26H23ClN2O3. The molecule has 2 aromatic carbocycles. The standard InChI is InChI=1S/C26H23ClN2O3/c27-15-7-4-8-16(12-15)28-24(30)21(11-14-5-2-1-3-6-14)29-25(31)22-17-9-10-18(20-13-19(17)20)23(22)26(29)32/h1-10,12,17-23H,11,13H2,(H,28,30)/t17-,18-,19-,20-,21-,22+,23+/m1/s1. The van der Waals surface area contributed by atoms with Gasteiger partial charge in [-0.1, -0.05) is 60.2 Å². The predicted molar refractivity (Wildman–Crippen MR) is 121 cm³/mol. The van der Waals surface area contributed by atoms with Gasteiger partial charge in [-0.25, -0.2) is 0 Å². The van der Waals surface area contributed by atoms with Gasteiger partial charge < -0.3 is 5.32 Å². The molecule has 6 heteroatoms. The largest absolute Gasteiger partial charge is 0.324 e. The zero-order valence-electron chi connectivity index (χ0n) is 17.4. The Labute approximate surface area is 191 Å². The summed E-state index contributed by atoms with van der Waals surface area (Å²) < 4.78 is 0. The number of amides is 3. The molecule has 1 aliphatic heterocycles. The summed E-state index contributed by atoms with van der Waals surface area (Å²) in [6, 6.07) is 15.5. The lowest BCUT2D eigenvalue weighted by atomic mass is 9.63. The number of nitrogens with one attached hydrogen (secondary N) is 1. The average Bonchev–Trinajstić information content (AvgIpc) is 3.57. The minimum Gasteiger partial charge on any atom is -0.324 e. The number of anilines is 1. The van der Waals surface area contributed by atoms with Crippen LogP contribution in [0.4, 0.5) is 5.69 Å². The first-order valence-corrected chi connectivity index (χ1v) is 11.6. The Morgan fingerprint density at radius 1 is 0.969 bits per heavy atom. The number of nitrogens with zero attached hydrogens (tertiary/aromatic N) is 1. The summed E-state index contributed by atoms with van der Waals surface area (Å²) in [5, 5.41) is 3.38. The molecule has 5 aliphatic rings. The fourth-order valence-electron chi connectivity index (χ4n) is 6.22.